The van der Waals surface area contributed by atoms with Gasteiger partial charge in [0.05, 0.1) is 12.7 Å². The second-order valence-electron chi connectivity index (χ2n) is 8.02. The SMILES string of the molecule is COc1cc(-c2nc([C@H]3C[C@](C)(O)C3)n3ncnc(N)c23)ccc1-c1[c]cccc1. The highest BCUT2D eigenvalue weighted by molar-refractivity contribution is 5.87. The number of nitrogen functional groups attached to an aromatic ring is 1. The molecular formula is C23H22N5O2. The van der Waals surface area contributed by atoms with Crippen molar-refractivity contribution in [3.05, 3.63) is 60.7 Å². The van der Waals surface area contributed by atoms with Gasteiger partial charge in [-0.1, -0.05) is 30.3 Å². The number of hydrogen-bond acceptors (Lipinski definition) is 6. The molecule has 7 nitrogen and oxygen atoms in total. The van der Waals surface area contributed by atoms with Crippen LogP contribution in [0, 0.1) is 6.07 Å². The van der Waals surface area contributed by atoms with Crippen LogP contribution in [0.25, 0.3) is 27.9 Å². The van der Waals surface area contributed by atoms with E-state index in [1.54, 1.807) is 11.6 Å². The van der Waals surface area contributed by atoms with E-state index in [0.29, 0.717) is 29.9 Å². The predicted molar refractivity (Wildman–Crippen MR) is 114 cm³/mol. The zero-order valence-electron chi connectivity index (χ0n) is 16.8. The van der Waals surface area contributed by atoms with Gasteiger partial charge in [0.1, 0.15) is 29.1 Å². The largest absolute Gasteiger partial charge is 0.496 e. The summed E-state index contributed by atoms with van der Waals surface area (Å²) in [5, 5.41) is 14.6. The van der Waals surface area contributed by atoms with Crippen molar-refractivity contribution in [1.29, 1.82) is 0 Å². The van der Waals surface area contributed by atoms with Crippen molar-refractivity contribution in [2.75, 3.05) is 12.8 Å². The molecule has 0 atom stereocenters. The number of ether oxygens (including phenoxy) is 1. The van der Waals surface area contributed by atoms with Gasteiger partial charge < -0.3 is 15.6 Å². The Morgan fingerprint density at radius 3 is 2.80 bits per heavy atom. The molecule has 7 heteroatoms. The Kier molecular flexibility index (Phi) is 4.22. The highest BCUT2D eigenvalue weighted by Crippen LogP contribution is 2.45. The van der Waals surface area contributed by atoms with Crippen molar-refractivity contribution in [2.24, 2.45) is 0 Å². The van der Waals surface area contributed by atoms with E-state index >= 15 is 0 Å². The molecule has 1 fully saturated rings. The van der Waals surface area contributed by atoms with Crippen molar-refractivity contribution in [3.63, 3.8) is 0 Å². The smallest absolute Gasteiger partial charge is 0.153 e. The van der Waals surface area contributed by atoms with Gasteiger partial charge in [-0.15, -0.1) is 0 Å². The first-order valence-electron chi connectivity index (χ1n) is 9.84. The highest BCUT2D eigenvalue weighted by atomic mass is 16.5. The first-order valence-corrected chi connectivity index (χ1v) is 9.84. The average Bonchev–Trinajstić information content (AvgIpc) is 3.13. The van der Waals surface area contributed by atoms with Gasteiger partial charge >= 0.3 is 0 Å². The van der Waals surface area contributed by atoms with E-state index in [-0.39, 0.29) is 5.92 Å². The van der Waals surface area contributed by atoms with Gasteiger partial charge in [0.2, 0.25) is 0 Å². The molecule has 0 unspecified atom stereocenters. The van der Waals surface area contributed by atoms with Gasteiger partial charge in [-0.2, -0.15) is 5.10 Å². The summed E-state index contributed by atoms with van der Waals surface area (Å²) in [6.07, 6.45) is 2.71. The second kappa shape index (κ2) is 6.81. The van der Waals surface area contributed by atoms with Gasteiger partial charge in [0, 0.05) is 17.0 Å². The van der Waals surface area contributed by atoms with Crippen molar-refractivity contribution >= 4 is 11.3 Å². The van der Waals surface area contributed by atoms with Crippen LogP contribution in [0.1, 0.15) is 31.5 Å². The number of rotatable bonds is 4. The summed E-state index contributed by atoms with van der Waals surface area (Å²) < 4.78 is 7.42. The lowest BCUT2D eigenvalue weighted by Crippen LogP contribution is -2.40. The maximum absolute atomic E-state index is 10.2. The third kappa shape index (κ3) is 2.98. The number of aliphatic hydroxyl groups is 1. The van der Waals surface area contributed by atoms with Crippen LogP contribution in [0.4, 0.5) is 5.82 Å². The second-order valence-corrected chi connectivity index (χ2v) is 8.02. The molecule has 2 aromatic carbocycles. The lowest BCUT2D eigenvalue weighted by atomic mass is 9.72. The van der Waals surface area contributed by atoms with E-state index in [0.717, 1.165) is 28.3 Å². The molecule has 2 aromatic heterocycles. The maximum Gasteiger partial charge on any atom is 0.153 e. The quantitative estimate of drug-likeness (QED) is 0.544. The van der Waals surface area contributed by atoms with Crippen molar-refractivity contribution in [3.8, 4) is 28.1 Å². The highest BCUT2D eigenvalue weighted by Gasteiger charge is 2.42. The molecule has 1 aliphatic rings. The first kappa shape index (κ1) is 18.6. The summed E-state index contributed by atoms with van der Waals surface area (Å²) in [5.41, 5.74) is 9.69. The fraction of sp³-hybridized carbons (Fsp3) is 0.261. The van der Waals surface area contributed by atoms with E-state index < -0.39 is 5.60 Å². The minimum absolute atomic E-state index is 0.121. The van der Waals surface area contributed by atoms with Crippen LogP contribution in [0.15, 0.2) is 48.8 Å². The topological polar surface area (TPSA) is 98.6 Å². The number of hydrogen-bond donors (Lipinski definition) is 2. The maximum atomic E-state index is 10.2. The van der Waals surface area contributed by atoms with Crippen LogP contribution >= 0.6 is 0 Å². The molecule has 0 spiro atoms. The molecular weight excluding hydrogens is 378 g/mol. The summed E-state index contributed by atoms with van der Waals surface area (Å²) in [7, 11) is 1.65. The van der Waals surface area contributed by atoms with Crippen LogP contribution in [0.3, 0.4) is 0 Å². The Labute approximate surface area is 174 Å². The zero-order valence-corrected chi connectivity index (χ0v) is 16.8. The summed E-state index contributed by atoms with van der Waals surface area (Å²) >= 11 is 0. The fourth-order valence-corrected chi connectivity index (χ4v) is 4.25. The molecule has 0 saturated heterocycles. The van der Waals surface area contributed by atoms with Crippen LogP contribution in [-0.4, -0.2) is 37.4 Å². The molecule has 0 bridgehead atoms. The molecule has 1 saturated carbocycles. The summed E-state index contributed by atoms with van der Waals surface area (Å²) in [5.74, 6) is 2.00. The molecule has 1 radical (unpaired) electrons. The van der Waals surface area contributed by atoms with Gasteiger partial charge in [0.15, 0.2) is 5.82 Å². The third-order valence-corrected chi connectivity index (χ3v) is 5.70. The average molecular weight is 400 g/mol. The molecule has 1 aliphatic carbocycles. The summed E-state index contributed by atoms with van der Waals surface area (Å²) in [6.45, 7) is 1.84. The molecule has 0 aliphatic heterocycles. The number of imidazole rings is 1. The lowest BCUT2D eigenvalue weighted by molar-refractivity contribution is -0.0337. The molecule has 0 amide bonds. The Morgan fingerprint density at radius 2 is 2.10 bits per heavy atom. The summed E-state index contributed by atoms with van der Waals surface area (Å²) in [4.78, 5) is 9.06. The van der Waals surface area contributed by atoms with Crippen LogP contribution in [0.2, 0.25) is 0 Å². The molecule has 3 N–H and O–H groups in total. The molecule has 4 aromatic rings. The number of nitrogens with two attached hydrogens (primary N) is 1. The normalized spacial score (nSPS) is 20.8. The Balaban J connectivity index is 1.65. The minimum atomic E-state index is -0.660. The number of fused-ring (bicyclic) bond motifs is 1. The molecule has 30 heavy (non-hydrogen) atoms. The van der Waals surface area contributed by atoms with E-state index in [1.807, 2.05) is 49.4 Å². The van der Waals surface area contributed by atoms with Crippen LogP contribution in [-0.2, 0) is 0 Å². The number of anilines is 1. The number of benzene rings is 2. The summed E-state index contributed by atoms with van der Waals surface area (Å²) in [6, 6.07) is 17.0. The van der Waals surface area contributed by atoms with Crippen molar-refractivity contribution < 1.29 is 9.84 Å². The Morgan fingerprint density at radius 1 is 1.27 bits per heavy atom. The monoisotopic (exact) mass is 400 g/mol. The van der Waals surface area contributed by atoms with E-state index in [9.17, 15) is 5.11 Å². The minimum Gasteiger partial charge on any atom is -0.496 e. The fourth-order valence-electron chi connectivity index (χ4n) is 4.25. The lowest BCUT2D eigenvalue weighted by Gasteiger charge is -2.39. The molecule has 5 rings (SSSR count). The van der Waals surface area contributed by atoms with Gasteiger partial charge in [-0.05, 0) is 43.5 Å². The van der Waals surface area contributed by atoms with Crippen molar-refractivity contribution in [2.45, 2.75) is 31.3 Å². The van der Waals surface area contributed by atoms with Crippen molar-refractivity contribution in [1.82, 2.24) is 19.6 Å². The van der Waals surface area contributed by atoms with Gasteiger partial charge in [0.25, 0.3) is 0 Å². The number of nitrogens with zero attached hydrogens (tertiary/aromatic N) is 4. The van der Waals surface area contributed by atoms with E-state index in [2.05, 4.69) is 16.1 Å². The number of methoxy groups -OCH3 is 1. The predicted octanol–water partition coefficient (Wildman–Crippen LogP) is 3.48. The molecule has 2 heterocycles. The van der Waals surface area contributed by atoms with E-state index in [1.165, 1.54) is 6.33 Å². The third-order valence-electron chi connectivity index (χ3n) is 5.70. The Hall–Kier alpha value is -3.45. The molecule has 151 valence electrons. The number of aromatic nitrogens is 4. The van der Waals surface area contributed by atoms with E-state index in [4.69, 9.17) is 15.5 Å². The Bertz CT molecular complexity index is 1230. The first-order chi connectivity index (χ1) is 14.5. The van der Waals surface area contributed by atoms with Gasteiger partial charge in [-0.25, -0.2) is 14.5 Å². The standard InChI is InChI=1S/C23H22N5O2/c1-23(29)11-16(12-23)22-27-19(20-21(24)25-13-26-28(20)22)15-8-9-17(18(10-15)30-2)14-6-4-3-5-7-14/h3-6,8-10,13,16,29H,11-12H2,1-2H3,(H2,24,25,26)/t16-,23-. The van der Waals surface area contributed by atoms with Crippen LogP contribution < -0.4 is 10.5 Å². The zero-order chi connectivity index (χ0) is 20.9. The van der Waals surface area contributed by atoms with Gasteiger partial charge in [-0.3, -0.25) is 0 Å². The van der Waals surface area contributed by atoms with Crippen LogP contribution in [0.5, 0.6) is 5.75 Å².